The number of rotatable bonds is 4. The van der Waals surface area contributed by atoms with E-state index in [9.17, 15) is 0 Å². The van der Waals surface area contributed by atoms with Gasteiger partial charge < -0.3 is 5.32 Å². The van der Waals surface area contributed by atoms with E-state index in [1.54, 1.807) is 0 Å². The van der Waals surface area contributed by atoms with Crippen molar-refractivity contribution in [2.24, 2.45) is 5.41 Å². The van der Waals surface area contributed by atoms with Crippen molar-refractivity contribution in [2.75, 3.05) is 19.6 Å². The molecule has 1 N–H and O–H groups in total. The molecule has 2 nitrogen and oxygen atoms in total. The largest absolute Gasteiger partial charge is 0.311 e. The summed E-state index contributed by atoms with van der Waals surface area (Å²) in [6.07, 6.45) is 4.37. The third-order valence-electron chi connectivity index (χ3n) is 3.67. The molecule has 2 unspecified atom stereocenters. The molecular weight excluding hydrogens is 196 g/mol. The van der Waals surface area contributed by atoms with E-state index < -0.39 is 0 Å². The molecule has 1 heterocycles. The number of piperazine rings is 1. The van der Waals surface area contributed by atoms with Crippen LogP contribution in [-0.4, -0.2) is 36.6 Å². The molecule has 0 spiro atoms. The maximum atomic E-state index is 3.82. The van der Waals surface area contributed by atoms with Crippen LogP contribution in [0.5, 0.6) is 0 Å². The van der Waals surface area contributed by atoms with E-state index in [-0.39, 0.29) is 0 Å². The molecule has 2 heteroatoms. The van der Waals surface area contributed by atoms with Crippen molar-refractivity contribution in [1.82, 2.24) is 10.2 Å². The van der Waals surface area contributed by atoms with Gasteiger partial charge in [0.2, 0.25) is 0 Å². The van der Waals surface area contributed by atoms with Gasteiger partial charge in [0.05, 0.1) is 0 Å². The summed E-state index contributed by atoms with van der Waals surface area (Å²) in [6.45, 7) is 16.5. The van der Waals surface area contributed by atoms with Gasteiger partial charge in [0.25, 0.3) is 0 Å². The molecule has 0 aromatic heterocycles. The summed E-state index contributed by atoms with van der Waals surface area (Å²) in [4.78, 5) is 2.63. The highest BCUT2D eigenvalue weighted by Gasteiger charge is 2.32. The maximum absolute atomic E-state index is 3.82. The first kappa shape index (κ1) is 13.7. The molecule has 94 valence electrons. The molecule has 0 bridgehead atoms. The normalized spacial score (nSPS) is 28.0. The lowest BCUT2D eigenvalue weighted by Crippen LogP contribution is -2.60. The highest BCUT2D eigenvalue weighted by atomic mass is 15.2. The third-order valence-corrected chi connectivity index (χ3v) is 3.67. The lowest BCUT2D eigenvalue weighted by molar-refractivity contribution is 0.0852. The van der Waals surface area contributed by atoms with Crippen LogP contribution in [0.25, 0.3) is 0 Å². The first-order chi connectivity index (χ1) is 7.49. The zero-order valence-corrected chi connectivity index (χ0v) is 11.4. The first-order valence-electron chi connectivity index (χ1n) is 6.57. The molecule has 1 saturated heterocycles. The van der Waals surface area contributed by atoms with Crippen molar-refractivity contribution in [3.05, 3.63) is 12.7 Å². The molecule has 0 amide bonds. The van der Waals surface area contributed by atoms with E-state index in [2.05, 4.69) is 44.5 Å². The van der Waals surface area contributed by atoms with Crippen LogP contribution in [0.15, 0.2) is 12.7 Å². The highest BCUT2D eigenvalue weighted by Crippen LogP contribution is 2.24. The average Bonchev–Trinajstić information content (AvgIpc) is 2.24. The van der Waals surface area contributed by atoms with Gasteiger partial charge in [0.15, 0.2) is 0 Å². The monoisotopic (exact) mass is 224 g/mol. The summed E-state index contributed by atoms with van der Waals surface area (Å²) in [5.74, 6) is 0. The van der Waals surface area contributed by atoms with Crippen LogP contribution in [0.2, 0.25) is 0 Å². The van der Waals surface area contributed by atoms with Gasteiger partial charge in [-0.05, 0) is 18.3 Å². The van der Waals surface area contributed by atoms with Crippen molar-refractivity contribution < 1.29 is 0 Å². The standard InChI is InChI=1S/C14H28N2/c1-6-8-9-16-11-13(14(3,4)5)15-10-12(16)7-2/h6,12-13,15H,1,7-11H2,2-5H3. The summed E-state index contributed by atoms with van der Waals surface area (Å²) in [5.41, 5.74) is 0.352. The fourth-order valence-corrected chi connectivity index (χ4v) is 2.37. The van der Waals surface area contributed by atoms with Crippen LogP contribution in [0.4, 0.5) is 0 Å². The van der Waals surface area contributed by atoms with Crippen LogP contribution in [0.1, 0.15) is 40.5 Å². The Balaban J connectivity index is 2.57. The van der Waals surface area contributed by atoms with E-state index in [0.29, 0.717) is 17.5 Å². The molecule has 16 heavy (non-hydrogen) atoms. The molecule has 0 saturated carbocycles. The van der Waals surface area contributed by atoms with Crippen LogP contribution >= 0.6 is 0 Å². The molecule has 1 rings (SSSR count). The van der Waals surface area contributed by atoms with Gasteiger partial charge in [-0.15, -0.1) is 6.58 Å². The smallest absolute Gasteiger partial charge is 0.0244 e. The van der Waals surface area contributed by atoms with Crippen molar-refractivity contribution >= 4 is 0 Å². The number of nitrogens with zero attached hydrogens (tertiary/aromatic N) is 1. The maximum Gasteiger partial charge on any atom is 0.0244 e. The second kappa shape index (κ2) is 5.83. The Morgan fingerprint density at radius 1 is 1.44 bits per heavy atom. The third kappa shape index (κ3) is 3.60. The second-order valence-electron chi connectivity index (χ2n) is 5.96. The van der Waals surface area contributed by atoms with Gasteiger partial charge in [-0.3, -0.25) is 4.90 Å². The van der Waals surface area contributed by atoms with Gasteiger partial charge in [-0.2, -0.15) is 0 Å². The average molecular weight is 224 g/mol. The Hall–Kier alpha value is -0.340. The van der Waals surface area contributed by atoms with Gasteiger partial charge >= 0.3 is 0 Å². The Bertz CT molecular complexity index is 217. The number of nitrogens with one attached hydrogen (secondary N) is 1. The van der Waals surface area contributed by atoms with Gasteiger partial charge in [-0.1, -0.05) is 33.8 Å². The van der Waals surface area contributed by atoms with Crippen LogP contribution in [0, 0.1) is 5.41 Å². The summed E-state index contributed by atoms with van der Waals surface area (Å²) in [6, 6.07) is 1.32. The Labute approximate surface area is 101 Å². The number of hydrogen-bond acceptors (Lipinski definition) is 2. The van der Waals surface area contributed by atoms with E-state index in [4.69, 9.17) is 0 Å². The first-order valence-corrected chi connectivity index (χ1v) is 6.57. The van der Waals surface area contributed by atoms with E-state index in [1.165, 1.54) is 13.0 Å². The predicted molar refractivity (Wildman–Crippen MR) is 71.7 cm³/mol. The molecule has 1 aliphatic heterocycles. The molecule has 1 fully saturated rings. The van der Waals surface area contributed by atoms with E-state index in [1.807, 2.05) is 6.08 Å². The van der Waals surface area contributed by atoms with Crippen molar-refractivity contribution in [1.29, 1.82) is 0 Å². The lowest BCUT2D eigenvalue weighted by atomic mass is 9.84. The summed E-state index contributed by atoms with van der Waals surface area (Å²) >= 11 is 0. The van der Waals surface area contributed by atoms with E-state index >= 15 is 0 Å². The molecule has 2 atom stereocenters. The summed E-state index contributed by atoms with van der Waals surface area (Å²) < 4.78 is 0. The fourth-order valence-electron chi connectivity index (χ4n) is 2.37. The van der Waals surface area contributed by atoms with Crippen molar-refractivity contribution in [2.45, 2.75) is 52.6 Å². The van der Waals surface area contributed by atoms with Gasteiger partial charge in [0, 0.05) is 31.7 Å². The molecule has 0 aromatic rings. The SMILES string of the molecule is C=CCCN1CC(C(C)(C)C)NCC1CC. The lowest BCUT2D eigenvalue weighted by Gasteiger charge is -2.45. The Kier molecular flexibility index (Phi) is 5.00. The fraction of sp³-hybridized carbons (Fsp3) is 0.857. The van der Waals surface area contributed by atoms with Gasteiger partial charge in [-0.25, -0.2) is 0 Å². The molecular formula is C14H28N2. The molecule has 0 radical (unpaired) electrons. The van der Waals surface area contributed by atoms with Crippen LogP contribution in [0.3, 0.4) is 0 Å². The minimum atomic E-state index is 0.352. The molecule has 1 aliphatic rings. The topological polar surface area (TPSA) is 15.3 Å². The number of hydrogen-bond donors (Lipinski definition) is 1. The van der Waals surface area contributed by atoms with Gasteiger partial charge in [0.1, 0.15) is 0 Å². The zero-order chi connectivity index (χ0) is 12.2. The Morgan fingerprint density at radius 2 is 2.12 bits per heavy atom. The quantitative estimate of drug-likeness (QED) is 0.739. The van der Waals surface area contributed by atoms with Crippen LogP contribution < -0.4 is 5.32 Å². The predicted octanol–water partition coefficient (Wildman–Crippen LogP) is 2.66. The zero-order valence-electron chi connectivity index (χ0n) is 11.4. The summed E-state index contributed by atoms with van der Waals surface area (Å²) in [5, 5.41) is 3.70. The van der Waals surface area contributed by atoms with E-state index in [0.717, 1.165) is 19.5 Å². The summed E-state index contributed by atoms with van der Waals surface area (Å²) in [7, 11) is 0. The highest BCUT2D eigenvalue weighted by molar-refractivity contribution is 4.92. The van der Waals surface area contributed by atoms with Crippen molar-refractivity contribution in [3.8, 4) is 0 Å². The molecule has 0 aromatic carbocycles. The minimum Gasteiger partial charge on any atom is -0.311 e. The van der Waals surface area contributed by atoms with Crippen LogP contribution in [-0.2, 0) is 0 Å². The second-order valence-corrected chi connectivity index (χ2v) is 5.96. The molecule has 0 aliphatic carbocycles. The Morgan fingerprint density at radius 3 is 2.62 bits per heavy atom. The minimum absolute atomic E-state index is 0.352. The van der Waals surface area contributed by atoms with Crippen molar-refractivity contribution in [3.63, 3.8) is 0 Å².